The Morgan fingerprint density at radius 2 is 1.91 bits per heavy atom. The van der Waals surface area contributed by atoms with Crippen molar-refractivity contribution in [1.29, 1.82) is 0 Å². The van der Waals surface area contributed by atoms with Crippen LogP contribution in [0.1, 0.15) is 71.6 Å². The number of ether oxygens (including phenoxy) is 1. The van der Waals surface area contributed by atoms with Crippen molar-refractivity contribution >= 4 is 5.97 Å². The number of carbonyl (C=O) groups excluding carboxylic acids is 1. The highest BCUT2D eigenvalue weighted by molar-refractivity contribution is 5.80. The smallest absolute Gasteiger partial charge is 0.314 e. The molecule has 4 aliphatic carbocycles. The summed E-state index contributed by atoms with van der Waals surface area (Å²) in [5.41, 5.74) is 2.66. The summed E-state index contributed by atoms with van der Waals surface area (Å²) in [6, 6.07) is 0. The second kappa shape index (κ2) is 9.75. The third kappa shape index (κ3) is 4.59. The molecule has 7 atom stereocenters. The van der Waals surface area contributed by atoms with E-state index in [1.165, 1.54) is 19.1 Å². The van der Waals surface area contributed by atoms with Crippen molar-refractivity contribution in [3.8, 4) is 0 Å². The maximum absolute atomic E-state index is 12.1. The van der Waals surface area contributed by atoms with Crippen molar-refractivity contribution in [2.45, 2.75) is 89.9 Å². The molecular weight excluding hydrogens is 428 g/mol. The monoisotopic (exact) mass is 470 g/mol. The summed E-state index contributed by atoms with van der Waals surface area (Å²) in [5.74, 6) is 1.07. The Morgan fingerprint density at radius 3 is 2.59 bits per heavy atom. The van der Waals surface area contributed by atoms with Crippen LogP contribution in [0.2, 0.25) is 0 Å². The fraction of sp³-hybridized carbons (Fsp3) is 0.690. The van der Waals surface area contributed by atoms with Crippen LogP contribution in [0.4, 0.5) is 0 Å². The van der Waals surface area contributed by atoms with E-state index in [9.17, 15) is 20.1 Å². The van der Waals surface area contributed by atoms with Crippen LogP contribution in [0.3, 0.4) is 0 Å². The zero-order valence-electron chi connectivity index (χ0n) is 21.0. The lowest BCUT2D eigenvalue weighted by Crippen LogP contribution is -2.35. The molecule has 5 heteroatoms. The number of hydrogen-bond acceptors (Lipinski definition) is 5. The summed E-state index contributed by atoms with van der Waals surface area (Å²) >= 11 is 0. The van der Waals surface area contributed by atoms with Gasteiger partial charge in [0.1, 0.15) is 0 Å². The lowest BCUT2D eigenvalue weighted by atomic mass is 9.61. The van der Waals surface area contributed by atoms with Crippen LogP contribution in [0.25, 0.3) is 0 Å². The van der Waals surface area contributed by atoms with E-state index >= 15 is 0 Å². The Bertz CT molecular complexity index is 894. The van der Waals surface area contributed by atoms with Crippen molar-refractivity contribution in [2.75, 3.05) is 7.11 Å². The molecule has 0 spiro atoms. The second-order valence-electron chi connectivity index (χ2n) is 11.5. The van der Waals surface area contributed by atoms with Crippen LogP contribution in [0, 0.1) is 28.6 Å². The Balaban J connectivity index is 1.47. The first kappa shape index (κ1) is 25.4. The van der Waals surface area contributed by atoms with E-state index in [1.54, 1.807) is 0 Å². The number of aliphatic hydroxyl groups excluding tert-OH is 3. The first-order valence-electron chi connectivity index (χ1n) is 13.0. The summed E-state index contributed by atoms with van der Waals surface area (Å²) in [6.45, 7) is 8.72. The summed E-state index contributed by atoms with van der Waals surface area (Å²) in [6.07, 6.45) is 14.4. The molecule has 0 saturated heterocycles. The van der Waals surface area contributed by atoms with E-state index in [0.29, 0.717) is 43.4 Å². The topological polar surface area (TPSA) is 87.0 Å². The predicted molar refractivity (Wildman–Crippen MR) is 133 cm³/mol. The minimum Gasteiger partial charge on any atom is -0.469 e. The van der Waals surface area contributed by atoms with E-state index < -0.39 is 23.7 Å². The van der Waals surface area contributed by atoms with Gasteiger partial charge in [-0.3, -0.25) is 4.79 Å². The summed E-state index contributed by atoms with van der Waals surface area (Å²) in [7, 11) is 1.39. The van der Waals surface area contributed by atoms with Gasteiger partial charge in [0.2, 0.25) is 0 Å². The van der Waals surface area contributed by atoms with E-state index in [4.69, 9.17) is 4.74 Å². The lowest BCUT2D eigenvalue weighted by Gasteiger charge is -2.44. The first-order chi connectivity index (χ1) is 16.1. The van der Waals surface area contributed by atoms with Gasteiger partial charge < -0.3 is 20.1 Å². The molecule has 0 aromatic carbocycles. The highest BCUT2D eigenvalue weighted by Gasteiger charge is 2.56. The maximum Gasteiger partial charge on any atom is 0.314 e. The number of rotatable bonds is 6. The SMILES string of the molecule is C=C1/C(=C\C=C2/CCC[C@]3(C)[C@@H]([C@H](C)/C=C/[C@H](O)C4(C(=O)OC)CC4)CC[C@@H]23)C[C@@H](O)C[C@@H]1O. The van der Waals surface area contributed by atoms with Crippen LogP contribution in [0.15, 0.2) is 47.6 Å². The number of aliphatic hydroxyl groups is 3. The van der Waals surface area contributed by atoms with Crippen molar-refractivity contribution in [3.63, 3.8) is 0 Å². The van der Waals surface area contributed by atoms with Crippen molar-refractivity contribution in [2.24, 2.45) is 28.6 Å². The molecule has 0 radical (unpaired) electrons. The minimum atomic E-state index is -0.782. The van der Waals surface area contributed by atoms with Gasteiger partial charge in [0, 0.05) is 6.42 Å². The Kier molecular flexibility index (Phi) is 7.29. The minimum absolute atomic E-state index is 0.208. The average molecular weight is 471 g/mol. The number of allylic oxidation sites excluding steroid dienone is 4. The molecule has 5 nitrogen and oxygen atoms in total. The normalized spacial score (nSPS) is 39.3. The molecule has 188 valence electrons. The van der Waals surface area contributed by atoms with Gasteiger partial charge in [-0.2, -0.15) is 0 Å². The van der Waals surface area contributed by atoms with E-state index in [2.05, 4.69) is 38.7 Å². The van der Waals surface area contributed by atoms with Gasteiger partial charge in [-0.1, -0.05) is 50.3 Å². The van der Waals surface area contributed by atoms with Gasteiger partial charge in [-0.25, -0.2) is 0 Å². The summed E-state index contributed by atoms with van der Waals surface area (Å²) in [5, 5.41) is 30.9. The third-order valence-electron chi connectivity index (χ3n) is 9.48. The Morgan fingerprint density at radius 1 is 1.18 bits per heavy atom. The van der Waals surface area contributed by atoms with Crippen molar-refractivity contribution in [3.05, 3.63) is 47.6 Å². The van der Waals surface area contributed by atoms with Crippen molar-refractivity contribution < 1.29 is 24.9 Å². The van der Waals surface area contributed by atoms with Gasteiger partial charge in [-0.15, -0.1) is 0 Å². The molecule has 0 aromatic heterocycles. The maximum atomic E-state index is 12.1. The number of fused-ring (bicyclic) bond motifs is 1. The van der Waals surface area contributed by atoms with Crippen LogP contribution in [0.5, 0.6) is 0 Å². The van der Waals surface area contributed by atoms with Crippen LogP contribution < -0.4 is 0 Å². The molecule has 34 heavy (non-hydrogen) atoms. The second-order valence-corrected chi connectivity index (χ2v) is 11.5. The molecule has 0 unspecified atom stereocenters. The highest BCUT2D eigenvalue weighted by atomic mass is 16.5. The van der Waals surface area contributed by atoms with E-state index in [0.717, 1.165) is 36.8 Å². The third-order valence-corrected chi connectivity index (χ3v) is 9.48. The van der Waals surface area contributed by atoms with Gasteiger partial charge in [0.25, 0.3) is 0 Å². The average Bonchev–Trinajstić information content (AvgIpc) is 3.54. The zero-order valence-corrected chi connectivity index (χ0v) is 21.0. The molecule has 4 rings (SSSR count). The van der Waals surface area contributed by atoms with Crippen LogP contribution >= 0.6 is 0 Å². The van der Waals surface area contributed by atoms with Crippen LogP contribution in [-0.2, 0) is 9.53 Å². The fourth-order valence-electron chi connectivity index (χ4n) is 7.17. The van der Waals surface area contributed by atoms with Gasteiger partial charge >= 0.3 is 5.97 Å². The van der Waals surface area contributed by atoms with Crippen LogP contribution in [-0.4, -0.2) is 46.7 Å². The molecular formula is C29H42O5. The number of carbonyl (C=O) groups is 1. The largest absolute Gasteiger partial charge is 0.469 e. The molecule has 0 bridgehead atoms. The number of hydrogen-bond donors (Lipinski definition) is 3. The quantitative estimate of drug-likeness (QED) is 0.389. The van der Waals surface area contributed by atoms with E-state index in [-0.39, 0.29) is 11.4 Å². The van der Waals surface area contributed by atoms with Gasteiger partial charge in [0.05, 0.1) is 30.8 Å². The highest BCUT2D eigenvalue weighted by Crippen LogP contribution is 2.59. The van der Waals surface area contributed by atoms with E-state index in [1.807, 2.05) is 6.08 Å². The molecule has 4 fully saturated rings. The molecule has 0 aromatic rings. The molecule has 0 heterocycles. The Hall–Kier alpha value is -1.69. The summed E-state index contributed by atoms with van der Waals surface area (Å²) in [4.78, 5) is 12.1. The van der Waals surface area contributed by atoms with Crippen molar-refractivity contribution in [1.82, 2.24) is 0 Å². The molecule has 0 aliphatic heterocycles. The predicted octanol–water partition coefficient (Wildman–Crippen LogP) is 4.63. The first-order valence-corrected chi connectivity index (χ1v) is 13.0. The van der Waals surface area contributed by atoms with Gasteiger partial charge in [-0.05, 0) is 85.7 Å². The molecule has 3 N–H and O–H groups in total. The standard InChI is InChI=1S/C29H42O5/c1-18(7-12-26(32)29(14-15-29)27(33)34-4)23-10-11-24-20(6-5-13-28(23,24)3)8-9-21-16-22(30)17-25(31)19(21)2/h7-9,12,18,22-26,30-32H,2,5-6,10-11,13-17H2,1,3-4H3/b12-7+,20-8+,21-9-/t18-,22-,23-,24+,25+,26+,28-/m1/s1. The summed E-state index contributed by atoms with van der Waals surface area (Å²) < 4.78 is 4.91. The molecule has 4 aliphatic rings. The fourth-order valence-corrected chi connectivity index (χ4v) is 7.17. The van der Waals surface area contributed by atoms with Gasteiger partial charge in [0.15, 0.2) is 0 Å². The Labute approximate surface area is 204 Å². The zero-order chi connectivity index (χ0) is 24.7. The number of methoxy groups -OCH3 is 1. The number of esters is 1. The molecule has 0 amide bonds. The lowest BCUT2D eigenvalue weighted by molar-refractivity contribution is -0.150. The molecule has 4 saturated carbocycles.